The number of carbonyl (C=O) groups excluding carboxylic acids is 2. The molecule has 1 heterocycles. The van der Waals surface area contributed by atoms with Gasteiger partial charge in [-0.1, -0.05) is 0 Å². The number of rotatable bonds is 7. The number of ether oxygens (including phenoxy) is 1. The zero-order valence-electron chi connectivity index (χ0n) is 12.9. The van der Waals surface area contributed by atoms with Crippen molar-refractivity contribution in [2.75, 3.05) is 11.9 Å². The lowest BCUT2D eigenvalue weighted by atomic mass is 10.2. The summed E-state index contributed by atoms with van der Waals surface area (Å²) < 4.78 is 44.8. The van der Waals surface area contributed by atoms with E-state index in [0.717, 1.165) is 12.1 Å². The van der Waals surface area contributed by atoms with Crippen molar-refractivity contribution in [2.24, 2.45) is 0 Å². The van der Waals surface area contributed by atoms with Crippen molar-refractivity contribution >= 4 is 17.5 Å². The van der Waals surface area contributed by atoms with Crippen LogP contribution in [0.2, 0.25) is 0 Å². The molecule has 1 aromatic heterocycles. The van der Waals surface area contributed by atoms with Crippen LogP contribution >= 0.6 is 0 Å². The average Bonchev–Trinajstić information content (AvgIpc) is 3.06. The molecular formula is C16H15F3N2O4. The molecule has 0 saturated heterocycles. The maximum Gasteiger partial charge on any atom is 0.573 e. The van der Waals surface area contributed by atoms with Gasteiger partial charge in [0.05, 0.1) is 6.26 Å². The summed E-state index contributed by atoms with van der Waals surface area (Å²) in [5.74, 6) is -0.876. The second kappa shape index (κ2) is 8.22. The summed E-state index contributed by atoms with van der Waals surface area (Å²) in [5, 5.41) is 5.14. The third-order valence-corrected chi connectivity index (χ3v) is 2.98. The number of alkyl halides is 3. The van der Waals surface area contributed by atoms with Gasteiger partial charge in [0.25, 0.3) is 5.91 Å². The highest BCUT2D eigenvalue weighted by molar-refractivity contribution is 5.92. The van der Waals surface area contributed by atoms with Gasteiger partial charge in [0.1, 0.15) is 5.75 Å². The number of anilines is 1. The van der Waals surface area contributed by atoms with E-state index >= 15 is 0 Å². The van der Waals surface area contributed by atoms with Crippen molar-refractivity contribution in [3.8, 4) is 5.75 Å². The Labute approximate surface area is 141 Å². The molecule has 2 amide bonds. The smallest absolute Gasteiger partial charge is 0.459 e. The first-order chi connectivity index (χ1) is 11.8. The molecule has 1 aromatic carbocycles. The molecule has 0 saturated carbocycles. The van der Waals surface area contributed by atoms with Crippen LogP contribution in [0.3, 0.4) is 0 Å². The molecule has 0 aliphatic carbocycles. The van der Waals surface area contributed by atoms with Crippen LogP contribution in [-0.4, -0.2) is 24.7 Å². The van der Waals surface area contributed by atoms with E-state index in [0.29, 0.717) is 12.1 Å². The summed E-state index contributed by atoms with van der Waals surface area (Å²) in [6, 6.07) is 7.93. The molecule has 2 N–H and O–H groups in total. The maximum atomic E-state index is 12.0. The Balaban J connectivity index is 1.69. The minimum Gasteiger partial charge on any atom is -0.459 e. The Bertz CT molecular complexity index is 697. The van der Waals surface area contributed by atoms with Crippen molar-refractivity contribution in [3.05, 3.63) is 48.4 Å². The number of hydrogen-bond donors (Lipinski definition) is 2. The lowest BCUT2D eigenvalue weighted by molar-refractivity contribution is -0.274. The van der Waals surface area contributed by atoms with Gasteiger partial charge in [-0.25, -0.2) is 0 Å². The van der Waals surface area contributed by atoms with Crippen LogP contribution in [0.1, 0.15) is 23.4 Å². The highest BCUT2D eigenvalue weighted by Gasteiger charge is 2.30. The minimum atomic E-state index is -4.76. The average molecular weight is 356 g/mol. The molecule has 0 atom stereocenters. The van der Waals surface area contributed by atoms with Crippen molar-refractivity contribution in [1.82, 2.24) is 5.32 Å². The van der Waals surface area contributed by atoms with E-state index in [2.05, 4.69) is 15.4 Å². The van der Waals surface area contributed by atoms with Crippen LogP contribution in [0.25, 0.3) is 0 Å². The number of benzene rings is 1. The Morgan fingerprint density at radius 3 is 2.44 bits per heavy atom. The third kappa shape index (κ3) is 6.58. The van der Waals surface area contributed by atoms with Gasteiger partial charge >= 0.3 is 6.36 Å². The molecule has 0 spiro atoms. The second-order valence-corrected chi connectivity index (χ2v) is 4.96. The summed E-state index contributed by atoms with van der Waals surface area (Å²) in [6.45, 7) is 0.283. The van der Waals surface area contributed by atoms with Crippen LogP contribution in [0, 0.1) is 0 Å². The summed E-state index contributed by atoms with van der Waals surface area (Å²) in [7, 11) is 0. The van der Waals surface area contributed by atoms with E-state index in [4.69, 9.17) is 4.42 Å². The van der Waals surface area contributed by atoms with Gasteiger partial charge in [-0.3, -0.25) is 9.59 Å². The Kier molecular flexibility index (Phi) is 6.04. The first-order valence-electron chi connectivity index (χ1n) is 7.31. The zero-order valence-corrected chi connectivity index (χ0v) is 12.9. The minimum absolute atomic E-state index is 0.138. The number of nitrogens with one attached hydrogen (secondary N) is 2. The normalized spacial score (nSPS) is 11.0. The van der Waals surface area contributed by atoms with E-state index in [1.807, 2.05) is 0 Å². The van der Waals surface area contributed by atoms with Crippen molar-refractivity contribution in [2.45, 2.75) is 19.2 Å². The predicted octanol–water partition coefficient (Wildman–Crippen LogP) is 3.33. The van der Waals surface area contributed by atoms with Gasteiger partial charge < -0.3 is 19.8 Å². The molecule has 0 fully saturated rings. The number of furan rings is 1. The molecule has 0 unspecified atom stereocenters. The first kappa shape index (κ1) is 18.4. The van der Waals surface area contributed by atoms with E-state index < -0.39 is 6.36 Å². The molecule has 0 bridgehead atoms. The van der Waals surface area contributed by atoms with E-state index in [1.165, 1.54) is 24.5 Å². The fourth-order valence-electron chi connectivity index (χ4n) is 1.91. The lowest BCUT2D eigenvalue weighted by Crippen LogP contribution is -2.25. The van der Waals surface area contributed by atoms with Crippen LogP contribution < -0.4 is 15.4 Å². The molecule has 2 rings (SSSR count). The van der Waals surface area contributed by atoms with Gasteiger partial charge in [0.15, 0.2) is 5.76 Å². The van der Waals surface area contributed by atoms with Crippen LogP contribution in [0.4, 0.5) is 18.9 Å². The molecule has 25 heavy (non-hydrogen) atoms. The lowest BCUT2D eigenvalue weighted by Gasteiger charge is -2.10. The SMILES string of the molecule is O=C(CCCNC(=O)c1ccco1)Nc1ccc(OC(F)(F)F)cc1. The van der Waals surface area contributed by atoms with Gasteiger partial charge in [-0.15, -0.1) is 13.2 Å². The summed E-state index contributed by atoms with van der Waals surface area (Å²) in [6.07, 6.45) is -2.84. The maximum absolute atomic E-state index is 12.0. The van der Waals surface area contributed by atoms with Gasteiger partial charge in [0, 0.05) is 18.7 Å². The first-order valence-corrected chi connectivity index (χ1v) is 7.31. The monoisotopic (exact) mass is 356 g/mol. The quantitative estimate of drug-likeness (QED) is 0.746. The van der Waals surface area contributed by atoms with E-state index in [-0.39, 0.29) is 36.3 Å². The molecule has 134 valence electrons. The third-order valence-electron chi connectivity index (χ3n) is 2.98. The largest absolute Gasteiger partial charge is 0.573 e. The molecular weight excluding hydrogens is 341 g/mol. The molecule has 9 heteroatoms. The van der Waals surface area contributed by atoms with Crippen LogP contribution in [0.15, 0.2) is 47.1 Å². The number of hydrogen-bond acceptors (Lipinski definition) is 4. The number of amides is 2. The standard InChI is InChI=1S/C16H15F3N2O4/c17-16(18,19)25-12-7-5-11(6-8-12)21-14(22)4-1-9-20-15(23)13-3-2-10-24-13/h2-3,5-8,10H,1,4,9H2,(H,20,23)(H,21,22). The summed E-state index contributed by atoms with van der Waals surface area (Å²) in [4.78, 5) is 23.3. The molecule has 0 radical (unpaired) electrons. The van der Waals surface area contributed by atoms with Gasteiger partial charge in [-0.2, -0.15) is 0 Å². The van der Waals surface area contributed by atoms with Gasteiger partial charge in [-0.05, 0) is 42.8 Å². The van der Waals surface area contributed by atoms with E-state index in [1.54, 1.807) is 6.07 Å². The topological polar surface area (TPSA) is 80.6 Å². The predicted molar refractivity (Wildman–Crippen MR) is 82.0 cm³/mol. The van der Waals surface area contributed by atoms with Crippen molar-refractivity contribution in [3.63, 3.8) is 0 Å². The summed E-state index contributed by atoms with van der Waals surface area (Å²) in [5.41, 5.74) is 0.346. The van der Waals surface area contributed by atoms with Crippen molar-refractivity contribution in [1.29, 1.82) is 0 Å². The zero-order chi connectivity index (χ0) is 18.3. The Morgan fingerprint density at radius 2 is 1.84 bits per heavy atom. The van der Waals surface area contributed by atoms with Crippen LogP contribution in [-0.2, 0) is 4.79 Å². The fraction of sp³-hybridized carbons (Fsp3) is 0.250. The molecule has 0 aliphatic heterocycles. The number of carbonyl (C=O) groups is 2. The highest BCUT2D eigenvalue weighted by atomic mass is 19.4. The second-order valence-electron chi connectivity index (χ2n) is 4.96. The number of halogens is 3. The Morgan fingerprint density at radius 1 is 1.12 bits per heavy atom. The fourth-order valence-corrected chi connectivity index (χ4v) is 1.91. The molecule has 6 nitrogen and oxygen atoms in total. The molecule has 0 aliphatic rings. The van der Waals surface area contributed by atoms with Gasteiger partial charge in [0.2, 0.25) is 5.91 Å². The highest BCUT2D eigenvalue weighted by Crippen LogP contribution is 2.23. The Hall–Kier alpha value is -2.97. The van der Waals surface area contributed by atoms with Crippen molar-refractivity contribution < 1.29 is 31.9 Å². The summed E-state index contributed by atoms with van der Waals surface area (Å²) >= 11 is 0. The van der Waals surface area contributed by atoms with Crippen LogP contribution in [0.5, 0.6) is 5.75 Å². The molecule has 2 aromatic rings. The van der Waals surface area contributed by atoms with E-state index in [9.17, 15) is 22.8 Å².